The summed E-state index contributed by atoms with van der Waals surface area (Å²) in [6, 6.07) is 3.50. The third kappa shape index (κ3) is 3.48. The number of nitriles is 2. The maximum atomic E-state index is 8.35. The molecule has 0 aliphatic carbocycles. The van der Waals surface area contributed by atoms with Crippen LogP contribution < -0.4 is 0 Å². The number of aromatic nitrogens is 4. The highest BCUT2D eigenvalue weighted by atomic mass is 14.8. The van der Waals surface area contributed by atoms with E-state index in [1.807, 2.05) is 0 Å². The third-order valence-corrected chi connectivity index (χ3v) is 1.39. The number of hydrogen-bond acceptors (Lipinski definition) is 6. The molecule has 2 aromatic rings. The van der Waals surface area contributed by atoms with Crippen molar-refractivity contribution in [3.05, 3.63) is 48.6 Å². The van der Waals surface area contributed by atoms with Crippen LogP contribution in [0.25, 0.3) is 0 Å². The fraction of sp³-hybridized carbons (Fsp3) is 0. The van der Waals surface area contributed by atoms with E-state index in [1.165, 1.54) is 12.4 Å². The summed E-state index contributed by atoms with van der Waals surface area (Å²) in [5.74, 6) is 0. The molecule has 2 heterocycles. The second kappa shape index (κ2) is 6.57. The van der Waals surface area contributed by atoms with Gasteiger partial charge in [-0.05, 0) is 0 Å². The molecule has 76 valence electrons. The van der Waals surface area contributed by atoms with Crippen LogP contribution in [0.2, 0.25) is 0 Å². The van der Waals surface area contributed by atoms with Crippen LogP contribution in [-0.2, 0) is 0 Å². The van der Waals surface area contributed by atoms with Gasteiger partial charge in [0.2, 0.25) is 0 Å². The average Bonchev–Trinajstić information content (AvgIpc) is 2.41. The van der Waals surface area contributed by atoms with Gasteiger partial charge in [-0.25, -0.2) is 9.97 Å². The molecule has 0 saturated heterocycles. The highest BCUT2D eigenvalue weighted by Crippen LogP contribution is 1.95. The summed E-state index contributed by atoms with van der Waals surface area (Å²) >= 11 is 0. The van der Waals surface area contributed by atoms with E-state index in [4.69, 9.17) is 10.5 Å². The SMILES string of the molecule is N#Cc1nccnc1C#N.c1cnccn1. The van der Waals surface area contributed by atoms with Crippen molar-refractivity contribution in [2.75, 3.05) is 0 Å². The van der Waals surface area contributed by atoms with Gasteiger partial charge in [-0.3, -0.25) is 9.97 Å². The molecule has 0 saturated carbocycles. The van der Waals surface area contributed by atoms with Gasteiger partial charge in [0.05, 0.1) is 0 Å². The fourth-order valence-corrected chi connectivity index (χ4v) is 0.755. The summed E-state index contributed by atoms with van der Waals surface area (Å²) in [5, 5.41) is 16.7. The summed E-state index contributed by atoms with van der Waals surface area (Å²) < 4.78 is 0. The Balaban J connectivity index is 0.000000181. The summed E-state index contributed by atoms with van der Waals surface area (Å²) in [6.45, 7) is 0. The number of nitrogens with zero attached hydrogens (tertiary/aromatic N) is 6. The second-order valence-corrected chi connectivity index (χ2v) is 2.37. The van der Waals surface area contributed by atoms with Gasteiger partial charge in [0, 0.05) is 37.2 Å². The quantitative estimate of drug-likeness (QED) is 0.634. The molecule has 16 heavy (non-hydrogen) atoms. The van der Waals surface area contributed by atoms with Crippen molar-refractivity contribution >= 4 is 0 Å². The van der Waals surface area contributed by atoms with Crippen LogP contribution >= 0.6 is 0 Å². The minimum absolute atomic E-state index is 0.0741. The van der Waals surface area contributed by atoms with Gasteiger partial charge in [-0.2, -0.15) is 10.5 Å². The van der Waals surface area contributed by atoms with Gasteiger partial charge in [0.1, 0.15) is 12.1 Å². The molecule has 0 atom stereocenters. The normalized spacial score (nSPS) is 7.88. The van der Waals surface area contributed by atoms with Gasteiger partial charge in [-0.1, -0.05) is 0 Å². The zero-order chi connectivity index (χ0) is 11.6. The van der Waals surface area contributed by atoms with Crippen molar-refractivity contribution in [1.82, 2.24) is 19.9 Å². The van der Waals surface area contributed by atoms with Crippen LogP contribution in [-0.4, -0.2) is 19.9 Å². The highest BCUT2D eigenvalue weighted by molar-refractivity contribution is 5.33. The predicted molar refractivity (Wildman–Crippen MR) is 53.5 cm³/mol. The number of rotatable bonds is 0. The first kappa shape index (κ1) is 11.2. The van der Waals surface area contributed by atoms with Crippen molar-refractivity contribution in [1.29, 1.82) is 10.5 Å². The molecule has 0 aromatic carbocycles. The van der Waals surface area contributed by atoms with Crippen molar-refractivity contribution in [2.45, 2.75) is 0 Å². The lowest BCUT2D eigenvalue weighted by Gasteiger charge is -1.86. The molecule has 0 radical (unpaired) electrons. The monoisotopic (exact) mass is 210 g/mol. The van der Waals surface area contributed by atoms with E-state index in [2.05, 4.69) is 19.9 Å². The third-order valence-electron chi connectivity index (χ3n) is 1.39. The molecule has 0 fully saturated rings. The maximum absolute atomic E-state index is 8.35. The smallest absolute Gasteiger partial charge is 0.177 e. The summed E-state index contributed by atoms with van der Waals surface area (Å²) in [5.41, 5.74) is 0.148. The summed E-state index contributed by atoms with van der Waals surface area (Å²) in [7, 11) is 0. The van der Waals surface area contributed by atoms with Crippen LogP contribution in [0.15, 0.2) is 37.2 Å². The first-order valence-electron chi connectivity index (χ1n) is 4.19. The van der Waals surface area contributed by atoms with Gasteiger partial charge in [0.15, 0.2) is 11.4 Å². The van der Waals surface area contributed by atoms with Crippen molar-refractivity contribution in [3.8, 4) is 12.1 Å². The number of hydrogen-bond donors (Lipinski definition) is 0. The molecule has 0 N–H and O–H groups in total. The predicted octanol–water partition coefficient (Wildman–Crippen LogP) is 0.697. The van der Waals surface area contributed by atoms with E-state index < -0.39 is 0 Å². The zero-order valence-electron chi connectivity index (χ0n) is 8.15. The second-order valence-electron chi connectivity index (χ2n) is 2.37. The van der Waals surface area contributed by atoms with Crippen molar-refractivity contribution in [3.63, 3.8) is 0 Å². The zero-order valence-corrected chi connectivity index (χ0v) is 8.15. The molecule has 0 aliphatic rings. The van der Waals surface area contributed by atoms with E-state index >= 15 is 0 Å². The highest BCUT2D eigenvalue weighted by Gasteiger charge is 1.99. The van der Waals surface area contributed by atoms with E-state index in [1.54, 1.807) is 36.9 Å². The Morgan fingerprint density at radius 3 is 1.31 bits per heavy atom. The average molecular weight is 210 g/mol. The Bertz CT molecular complexity index is 451. The molecule has 0 unspecified atom stereocenters. The summed E-state index contributed by atoms with van der Waals surface area (Å²) in [6.07, 6.45) is 9.30. The maximum Gasteiger partial charge on any atom is 0.177 e. The minimum Gasteiger partial charge on any atom is -0.262 e. The Labute approximate surface area is 91.9 Å². The van der Waals surface area contributed by atoms with E-state index in [0.29, 0.717) is 0 Å². The molecule has 0 spiro atoms. The lowest BCUT2D eigenvalue weighted by molar-refractivity contribution is 1.13. The van der Waals surface area contributed by atoms with Crippen LogP contribution in [0, 0.1) is 22.7 Å². The molecule has 0 aliphatic heterocycles. The van der Waals surface area contributed by atoms with Crippen LogP contribution in [0.1, 0.15) is 11.4 Å². The van der Waals surface area contributed by atoms with Gasteiger partial charge < -0.3 is 0 Å². The first-order valence-corrected chi connectivity index (χ1v) is 4.19. The Hall–Kier alpha value is -2.86. The molecule has 0 bridgehead atoms. The standard InChI is InChI=1S/C6H2N4.C4H4N2/c7-3-5-6(4-8)10-2-1-9-5;1-2-6-4-3-5-1/h1-2H;1-4H. The lowest BCUT2D eigenvalue weighted by Crippen LogP contribution is -1.90. The Morgan fingerprint density at radius 2 is 1.06 bits per heavy atom. The molecule has 2 aromatic heterocycles. The van der Waals surface area contributed by atoms with Gasteiger partial charge in [-0.15, -0.1) is 0 Å². The Kier molecular flexibility index (Phi) is 4.61. The molecular formula is C10H6N6. The van der Waals surface area contributed by atoms with Gasteiger partial charge in [0.25, 0.3) is 0 Å². The largest absolute Gasteiger partial charge is 0.262 e. The Morgan fingerprint density at radius 1 is 0.688 bits per heavy atom. The molecule has 6 nitrogen and oxygen atoms in total. The molecular weight excluding hydrogens is 204 g/mol. The topological polar surface area (TPSA) is 99.1 Å². The molecule has 6 heteroatoms. The van der Waals surface area contributed by atoms with Crippen LogP contribution in [0.4, 0.5) is 0 Å². The first-order chi connectivity index (χ1) is 7.88. The van der Waals surface area contributed by atoms with E-state index in [9.17, 15) is 0 Å². The molecule has 0 amide bonds. The van der Waals surface area contributed by atoms with E-state index in [0.717, 1.165) is 0 Å². The van der Waals surface area contributed by atoms with Crippen molar-refractivity contribution < 1.29 is 0 Å². The van der Waals surface area contributed by atoms with Gasteiger partial charge >= 0.3 is 0 Å². The van der Waals surface area contributed by atoms with E-state index in [-0.39, 0.29) is 11.4 Å². The fourth-order valence-electron chi connectivity index (χ4n) is 0.755. The van der Waals surface area contributed by atoms with Crippen LogP contribution in [0.5, 0.6) is 0 Å². The van der Waals surface area contributed by atoms with Crippen molar-refractivity contribution in [2.24, 2.45) is 0 Å². The minimum atomic E-state index is 0.0741. The summed E-state index contributed by atoms with van der Waals surface area (Å²) in [4.78, 5) is 14.7. The molecule has 2 rings (SSSR count). The van der Waals surface area contributed by atoms with Crippen LogP contribution in [0.3, 0.4) is 0 Å². The lowest BCUT2D eigenvalue weighted by atomic mass is 10.3.